The van der Waals surface area contributed by atoms with Gasteiger partial charge in [0.05, 0.1) is 15.5 Å². The van der Waals surface area contributed by atoms with E-state index in [2.05, 4.69) is 0 Å². The summed E-state index contributed by atoms with van der Waals surface area (Å²) in [6.07, 6.45) is -1.66. The molecule has 3 aromatic rings. The molecule has 7 heteroatoms. The Morgan fingerprint density at radius 1 is 1.16 bits per heavy atom. The number of hydrogen-bond donors (Lipinski definition) is 0. The van der Waals surface area contributed by atoms with E-state index >= 15 is 0 Å². The average molecular weight is 383 g/mol. The van der Waals surface area contributed by atoms with Crippen LogP contribution in [0.4, 0.5) is 13.2 Å². The molecule has 0 amide bonds. The number of allylic oxidation sites excluding steroid dienone is 1. The lowest BCUT2D eigenvalue weighted by Gasteiger charge is -2.09. The number of thiophene rings is 1. The molecule has 0 radical (unpaired) electrons. The van der Waals surface area contributed by atoms with Crippen molar-refractivity contribution >= 4 is 34.8 Å². The van der Waals surface area contributed by atoms with Crippen molar-refractivity contribution in [3.05, 3.63) is 75.1 Å². The van der Waals surface area contributed by atoms with Gasteiger partial charge in [0.2, 0.25) is 0 Å². The zero-order valence-electron chi connectivity index (χ0n) is 12.5. The summed E-state index contributed by atoms with van der Waals surface area (Å²) in [5.74, 6) is 0.359. The summed E-state index contributed by atoms with van der Waals surface area (Å²) < 4.78 is 44.0. The van der Waals surface area contributed by atoms with E-state index in [0.717, 1.165) is 12.1 Å². The molecule has 0 bridgehead atoms. The van der Waals surface area contributed by atoms with Crippen molar-refractivity contribution in [2.24, 2.45) is 0 Å². The third-order valence-electron chi connectivity index (χ3n) is 3.35. The van der Waals surface area contributed by atoms with Crippen molar-refractivity contribution in [3.63, 3.8) is 0 Å². The van der Waals surface area contributed by atoms with Gasteiger partial charge in [-0.25, -0.2) is 0 Å². The number of rotatable bonds is 4. The van der Waals surface area contributed by atoms with Crippen LogP contribution in [-0.4, -0.2) is 5.78 Å². The van der Waals surface area contributed by atoms with Crippen LogP contribution < -0.4 is 0 Å². The Kier molecular flexibility index (Phi) is 4.83. The summed E-state index contributed by atoms with van der Waals surface area (Å²) >= 11 is 7.31. The fourth-order valence-corrected chi connectivity index (χ4v) is 2.99. The third-order valence-corrected chi connectivity index (χ3v) is 4.56. The van der Waals surface area contributed by atoms with E-state index in [1.807, 2.05) is 0 Å². The maximum Gasteiger partial charge on any atom is 0.416 e. The molecule has 0 saturated heterocycles. The normalized spacial score (nSPS) is 12.0. The molecule has 0 saturated carbocycles. The summed E-state index contributed by atoms with van der Waals surface area (Å²) in [7, 11) is 0. The highest BCUT2D eigenvalue weighted by atomic mass is 35.5. The van der Waals surface area contributed by atoms with Gasteiger partial charge in [-0.1, -0.05) is 17.7 Å². The van der Waals surface area contributed by atoms with Crippen LogP contribution in [0, 0.1) is 0 Å². The lowest BCUT2D eigenvalue weighted by Crippen LogP contribution is -2.04. The second-order valence-electron chi connectivity index (χ2n) is 5.07. The van der Waals surface area contributed by atoms with Crippen LogP contribution >= 0.6 is 22.9 Å². The first kappa shape index (κ1) is 17.5. The predicted molar refractivity (Wildman–Crippen MR) is 91.8 cm³/mol. The highest BCUT2D eigenvalue weighted by molar-refractivity contribution is 7.12. The van der Waals surface area contributed by atoms with Crippen LogP contribution in [0.5, 0.6) is 0 Å². The minimum Gasteiger partial charge on any atom is -0.457 e. The van der Waals surface area contributed by atoms with E-state index in [1.54, 1.807) is 23.6 Å². The third kappa shape index (κ3) is 4.03. The quantitative estimate of drug-likeness (QED) is 0.377. The van der Waals surface area contributed by atoms with Crippen LogP contribution in [0.1, 0.15) is 21.0 Å². The number of furan rings is 1. The molecule has 0 aliphatic heterocycles. The van der Waals surface area contributed by atoms with Crippen LogP contribution in [-0.2, 0) is 6.18 Å². The van der Waals surface area contributed by atoms with E-state index < -0.39 is 11.7 Å². The average Bonchev–Trinajstić information content (AvgIpc) is 3.24. The number of alkyl halides is 3. The molecule has 2 nitrogen and oxygen atoms in total. The maximum absolute atomic E-state index is 12.8. The molecule has 128 valence electrons. The zero-order valence-corrected chi connectivity index (χ0v) is 14.1. The second kappa shape index (κ2) is 6.90. The van der Waals surface area contributed by atoms with Gasteiger partial charge in [0, 0.05) is 5.56 Å². The molecule has 0 atom stereocenters. The molecule has 2 heterocycles. The van der Waals surface area contributed by atoms with Crippen molar-refractivity contribution in [3.8, 4) is 11.3 Å². The standard InChI is InChI=1S/C18H10ClF3O2S/c19-14-6-3-11(18(20,21)22)10-13(14)16-8-5-12(24-16)4-7-15(23)17-2-1-9-25-17/h1-10H. The second-order valence-corrected chi connectivity index (χ2v) is 6.42. The molecule has 3 rings (SSSR count). The Balaban J connectivity index is 1.85. The maximum atomic E-state index is 12.8. The molecule has 0 N–H and O–H groups in total. The van der Waals surface area contributed by atoms with Gasteiger partial charge < -0.3 is 4.42 Å². The van der Waals surface area contributed by atoms with Crippen LogP contribution in [0.15, 0.2) is 58.3 Å². The monoisotopic (exact) mass is 382 g/mol. The Morgan fingerprint density at radius 3 is 2.64 bits per heavy atom. The van der Waals surface area contributed by atoms with E-state index in [0.29, 0.717) is 10.6 Å². The molecule has 0 aliphatic rings. The summed E-state index contributed by atoms with van der Waals surface area (Å²) in [6, 6.07) is 9.57. The fraction of sp³-hybridized carbons (Fsp3) is 0.0556. The fourth-order valence-electron chi connectivity index (χ4n) is 2.14. The van der Waals surface area contributed by atoms with Gasteiger partial charge in [0.15, 0.2) is 5.78 Å². The molecule has 0 aliphatic carbocycles. The molecule has 25 heavy (non-hydrogen) atoms. The number of benzene rings is 1. The van der Waals surface area contributed by atoms with Crippen LogP contribution in [0.25, 0.3) is 17.4 Å². The molecule has 0 spiro atoms. The van der Waals surface area contributed by atoms with Gasteiger partial charge in [-0.05, 0) is 53.9 Å². The topological polar surface area (TPSA) is 30.2 Å². The lowest BCUT2D eigenvalue weighted by molar-refractivity contribution is -0.137. The molecule has 1 aromatic carbocycles. The van der Waals surface area contributed by atoms with Crippen molar-refractivity contribution < 1.29 is 22.4 Å². The summed E-state index contributed by atoms with van der Waals surface area (Å²) in [4.78, 5) is 12.5. The van der Waals surface area contributed by atoms with Gasteiger partial charge in [-0.2, -0.15) is 13.2 Å². The number of halogens is 4. The van der Waals surface area contributed by atoms with Crippen LogP contribution in [0.2, 0.25) is 5.02 Å². The largest absolute Gasteiger partial charge is 0.457 e. The number of carbonyl (C=O) groups is 1. The Morgan fingerprint density at radius 2 is 1.96 bits per heavy atom. The van der Waals surface area contributed by atoms with Gasteiger partial charge in [-0.3, -0.25) is 4.79 Å². The van der Waals surface area contributed by atoms with E-state index in [1.165, 1.54) is 35.6 Å². The first-order chi connectivity index (χ1) is 11.8. The Hall–Kier alpha value is -2.31. The highest BCUT2D eigenvalue weighted by Crippen LogP contribution is 2.36. The van der Waals surface area contributed by atoms with E-state index in [4.69, 9.17) is 16.0 Å². The molecular formula is C18H10ClF3O2S. The highest BCUT2D eigenvalue weighted by Gasteiger charge is 2.31. The van der Waals surface area contributed by atoms with E-state index in [9.17, 15) is 18.0 Å². The smallest absolute Gasteiger partial charge is 0.416 e. The predicted octanol–water partition coefficient (Wildman–Crippen LogP) is 6.58. The van der Waals surface area contributed by atoms with Crippen LogP contribution in [0.3, 0.4) is 0 Å². The number of hydrogen-bond acceptors (Lipinski definition) is 3. The molecular weight excluding hydrogens is 373 g/mol. The van der Waals surface area contributed by atoms with Crippen molar-refractivity contribution in [1.29, 1.82) is 0 Å². The van der Waals surface area contributed by atoms with Crippen molar-refractivity contribution in [2.45, 2.75) is 6.18 Å². The summed E-state index contributed by atoms with van der Waals surface area (Å²) in [6.45, 7) is 0. The van der Waals surface area contributed by atoms with Crippen molar-refractivity contribution in [2.75, 3.05) is 0 Å². The number of ketones is 1. The first-order valence-corrected chi connectivity index (χ1v) is 8.33. The zero-order chi connectivity index (χ0) is 18.0. The number of carbonyl (C=O) groups excluding carboxylic acids is 1. The lowest BCUT2D eigenvalue weighted by atomic mass is 10.1. The van der Waals surface area contributed by atoms with Gasteiger partial charge >= 0.3 is 6.18 Å². The van der Waals surface area contributed by atoms with Gasteiger partial charge in [0.1, 0.15) is 11.5 Å². The SMILES string of the molecule is O=C(C=Cc1ccc(-c2cc(C(F)(F)F)ccc2Cl)o1)c1cccs1. The Bertz CT molecular complexity index is 924. The minimum atomic E-state index is -4.47. The molecule has 0 fully saturated rings. The van der Waals surface area contributed by atoms with Crippen molar-refractivity contribution in [1.82, 2.24) is 0 Å². The molecule has 2 aromatic heterocycles. The summed E-state index contributed by atoms with van der Waals surface area (Å²) in [5.41, 5.74) is -0.672. The Labute approximate surface area is 150 Å². The molecule has 0 unspecified atom stereocenters. The minimum absolute atomic E-state index is 0.140. The van der Waals surface area contributed by atoms with E-state index in [-0.39, 0.29) is 22.1 Å². The van der Waals surface area contributed by atoms with Gasteiger partial charge in [-0.15, -0.1) is 11.3 Å². The first-order valence-electron chi connectivity index (χ1n) is 7.07. The van der Waals surface area contributed by atoms with Gasteiger partial charge in [0.25, 0.3) is 0 Å². The summed E-state index contributed by atoms with van der Waals surface area (Å²) in [5, 5.41) is 1.94.